The molecular formula is C13H18ClNOS. The Kier molecular flexibility index (Phi) is 4.60. The van der Waals surface area contributed by atoms with E-state index in [0.29, 0.717) is 6.04 Å². The maximum Gasteiger partial charge on any atom is 0.0406 e. The van der Waals surface area contributed by atoms with Crippen molar-refractivity contribution in [2.45, 2.75) is 25.4 Å². The fourth-order valence-corrected chi connectivity index (χ4v) is 3.63. The first-order chi connectivity index (χ1) is 8.15. The first kappa shape index (κ1) is 13.1. The number of nitrogens with zero attached hydrogens (tertiary/aromatic N) is 1. The second kappa shape index (κ2) is 5.98. The standard InChI is InChI=1S/C13H18ClNOS/c1-15(13-6-8-17(16)9-7-13)10-11-2-4-12(14)5-3-11/h2-5,13H,6-10H2,1H3. The summed E-state index contributed by atoms with van der Waals surface area (Å²) in [6, 6.07) is 8.57. The molecule has 0 aromatic heterocycles. The largest absolute Gasteiger partial charge is 0.299 e. The molecule has 0 unspecified atom stereocenters. The highest BCUT2D eigenvalue weighted by atomic mass is 35.5. The van der Waals surface area contributed by atoms with Gasteiger partial charge in [0.2, 0.25) is 0 Å². The van der Waals surface area contributed by atoms with E-state index in [2.05, 4.69) is 24.1 Å². The van der Waals surface area contributed by atoms with Crippen LogP contribution >= 0.6 is 11.6 Å². The van der Waals surface area contributed by atoms with Crippen LogP contribution in [0, 0.1) is 0 Å². The van der Waals surface area contributed by atoms with Crippen LogP contribution in [-0.2, 0) is 17.3 Å². The van der Waals surface area contributed by atoms with E-state index in [1.165, 1.54) is 5.56 Å². The molecule has 0 saturated carbocycles. The van der Waals surface area contributed by atoms with E-state index in [-0.39, 0.29) is 0 Å². The van der Waals surface area contributed by atoms with Crippen molar-refractivity contribution < 1.29 is 4.21 Å². The molecule has 2 rings (SSSR count). The molecule has 1 aliphatic heterocycles. The fourth-order valence-electron chi connectivity index (χ4n) is 2.23. The Balaban J connectivity index is 1.90. The van der Waals surface area contributed by atoms with Crippen molar-refractivity contribution in [3.05, 3.63) is 34.9 Å². The number of benzene rings is 1. The van der Waals surface area contributed by atoms with Gasteiger partial charge in [-0.2, -0.15) is 0 Å². The molecule has 1 heterocycles. The molecule has 0 atom stereocenters. The molecule has 0 spiro atoms. The van der Waals surface area contributed by atoms with Crippen molar-refractivity contribution in [2.75, 3.05) is 18.6 Å². The third kappa shape index (κ3) is 3.80. The summed E-state index contributed by atoms with van der Waals surface area (Å²) in [5.74, 6) is 1.71. The van der Waals surface area contributed by atoms with Gasteiger partial charge in [0.15, 0.2) is 0 Å². The van der Waals surface area contributed by atoms with E-state index >= 15 is 0 Å². The first-order valence-corrected chi connectivity index (χ1v) is 7.81. The summed E-state index contributed by atoms with van der Waals surface area (Å²) in [6.07, 6.45) is 2.10. The third-order valence-corrected chi connectivity index (χ3v) is 4.96. The van der Waals surface area contributed by atoms with Crippen molar-refractivity contribution >= 4 is 22.4 Å². The van der Waals surface area contributed by atoms with Crippen LogP contribution in [0.5, 0.6) is 0 Å². The Hall–Kier alpha value is -0.380. The van der Waals surface area contributed by atoms with Crippen LogP contribution in [0.1, 0.15) is 18.4 Å². The van der Waals surface area contributed by atoms with Crippen LogP contribution in [0.4, 0.5) is 0 Å². The lowest BCUT2D eigenvalue weighted by Crippen LogP contribution is -2.36. The summed E-state index contributed by atoms with van der Waals surface area (Å²) in [4.78, 5) is 2.36. The minimum absolute atomic E-state index is 0.571. The molecule has 0 N–H and O–H groups in total. The maximum atomic E-state index is 11.3. The Morgan fingerprint density at radius 2 is 1.88 bits per heavy atom. The van der Waals surface area contributed by atoms with Crippen molar-refractivity contribution in [1.29, 1.82) is 0 Å². The first-order valence-electron chi connectivity index (χ1n) is 5.95. The van der Waals surface area contributed by atoms with E-state index in [4.69, 9.17) is 11.6 Å². The van der Waals surface area contributed by atoms with E-state index in [1.807, 2.05) is 12.1 Å². The molecule has 1 aliphatic rings. The van der Waals surface area contributed by atoms with Crippen molar-refractivity contribution in [2.24, 2.45) is 0 Å². The van der Waals surface area contributed by atoms with Crippen LogP contribution in [0.3, 0.4) is 0 Å². The summed E-state index contributed by atoms with van der Waals surface area (Å²) < 4.78 is 11.3. The average Bonchev–Trinajstić information content (AvgIpc) is 2.33. The van der Waals surface area contributed by atoms with Gasteiger partial charge in [-0.3, -0.25) is 9.11 Å². The fraction of sp³-hybridized carbons (Fsp3) is 0.538. The van der Waals surface area contributed by atoms with Gasteiger partial charge in [0.1, 0.15) is 0 Å². The number of rotatable bonds is 3. The van der Waals surface area contributed by atoms with Crippen LogP contribution in [-0.4, -0.2) is 33.7 Å². The lowest BCUT2D eigenvalue weighted by Gasteiger charge is -2.30. The Morgan fingerprint density at radius 3 is 2.47 bits per heavy atom. The van der Waals surface area contributed by atoms with Gasteiger partial charge < -0.3 is 0 Å². The van der Waals surface area contributed by atoms with Crippen LogP contribution in [0.2, 0.25) is 5.02 Å². The monoisotopic (exact) mass is 271 g/mol. The third-order valence-electron chi connectivity index (χ3n) is 3.33. The highest BCUT2D eigenvalue weighted by Gasteiger charge is 2.21. The molecule has 0 bridgehead atoms. The summed E-state index contributed by atoms with van der Waals surface area (Å²) in [5.41, 5.74) is 1.28. The van der Waals surface area contributed by atoms with Crippen molar-refractivity contribution in [3.63, 3.8) is 0 Å². The molecule has 0 aliphatic carbocycles. The number of halogens is 1. The van der Waals surface area contributed by atoms with Gasteiger partial charge in [-0.1, -0.05) is 23.7 Å². The van der Waals surface area contributed by atoms with Crippen molar-refractivity contribution in [1.82, 2.24) is 4.90 Å². The molecule has 0 radical (unpaired) electrons. The van der Waals surface area contributed by atoms with Gasteiger partial charge in [-0.25, -0.2) is 0 Å². The Labute approximate surface area is 110 Å². The SMILES string of the molecule is CN(Cc1ccc(Cl)cc1)C1CCS(=O)CC1. The van der Waals surface area contributed by atoms with Crippen molar-refractivity contribution in [3.8, 4) is 0 Å². The molecule has 0 amide bonds. The highest BCUT2D eigenvalue weighted by molar-refractivity contribution is 7.85. The number of hydrogen-bond acceptors (Lipinski definition) is 2. The normalized spacial score (nSPS) is 25.1. The summed E-state index contributed by atoms with van der Waals surface area (Å²) in [7, 11) is 1.58. The molecular weight excluding hydrogens is 254 g/mol. The second-order valence-electron chi connectivity index (χ2n) is 4.62. The van der Waals surface area contributed by atoms with Gasteiger partial charge in [0.05, 0.1) is 0 Å². The second-order valence-corrected chi connectivity index (χ2v) is 6.75. The van der Waals surface area contributed by atoms with Gasteiger partial charge >= 0.3 is 0 Å². The zero-order chi connectivity index (χ0) is 12.3. The minimum Gasteiger partial charge on any atom is -0.299 e. The van der Waals surface area contributed by atoms with Crippen LogP contribution in [0.15, 0.2) is 24.3 Å². The molecule has 17 heavy (non-hydrogen) atoms. The van der Waals surface area contributed by atoms with Gasteiger partial charge in [-0.15, -0.1) is 0 Å². The Bertz CT molecular complexity index is 383. The maximum absolute atomic E-state index is 11.3. The predicted molar refractivity (Wildman–Crippen MR) is 73.8 cm³/mol. The lowest BCUT2D eigenvalue weighted by atomic mass is 10.1. The average molecular weight is 272 g/mol. The van der Waals surface area contributed by atoms with Crippen LogP contribution < -0.4 is 0 Å². The van der Waals surface area contributed by atoms with Gasteiger partial charge in [0.25, 0.3) is 0 Å². The lowest BCUT2D eigenvalue weighted by molar-refractivity contribution is 0.220. The van der Waals surface area contributed by atoms with Gasteiger partial charge in [0, 0.05) is 39.9 Å². The minimum atomic E-state index is -0.571. The molecule has 4 heteroatoms. The quantitative estimate of drug-likeness (QED) is 0.843. The predicted octanol–water partition coefficient (Wildman–Crippen LogP) is 2.68. The molecule has 2 nitrogen and oxygen atoms in total. The van der Waals surface area contributed by atoms with Crippen LogP contribution in [0.25, 0.3) is 0 Å². The van der Waals surface area contributed by atoms with Gasteiger partial charge in [-0.05, 0) is 37.6 Å². The zero-order valence-electron chi connectivity index (χ0n) is 10.1. The van der Waals surface area contributed by atoms with E-state index < -0.39 is 10.8 Å². The van der Waals surface area contributed by atoms with E-state index in [9.17, 15) is 4.21 Å². The number of hydrogen-bond donors (Lipinski definition) is 0. The topological polar surface area (TPSA) is 20.3 Å². The highest BCUT2D eigenvalue weighted by Crippen LogP contribution is 2.18. The molecule has 1 fully saturated rings. The molecule has 1 aromatic carbocycles. The molecule has 1 aromatic rings. The summed E-state index contributed by atoms with van der Waals surface area (Å²) >= 11 is 5.87. The zero-order valence-corrected chi connectivity index (χ0v) is 11.6. The molecule has 1 saturated heterocycles. The van der Waals surface area contributed by atoms with E-state index in [0.717, 1.165) is 35.9 Å². The Morgan fingerprint density at radius 1 is 1.29 bits per heavy atom. The summed E-state index contributed by atoms with van der Waals surface area (Å²) in [5, 5.41) is 0.782. The molecule has 94 valence electrons. The smallest absolute Gasteiger partial charge is 0.0406 e. The van der Waals surface area contributed by atoms with E-state index in [1.54, 1.807) is 0 Å². The summed E-state index contributed by atoms with van der Waals surface area (Å²) in [6.45, 7) is 0.939.